The van der Waals surface area contributed by atoms with Crippen LogP contribution in [0.3, 0.4) is 0 Å². The van der Waals surface area contributed by atoms with Gasteiger partial charge in [0.2, 0.25) is 0 Å². The zero-order valence-electron chi connectivity index (χ0n) is 13.1. The minimum atomic E-state index is -0.394. The van der Waals surface area contributed by atoms with Crippen LogP contribution in [0.4, 0.5) is 0 Å². The van der Waals surface area contributed by atoms with E-state index in [0.29, 0.717) is 18.9 Å². The maximum Gasteiger partial charge on any atom is 0.0943 e. The van der Waals surface area contributed by atoms with E-state index in [1.165, 1.54) is 24.0 Å². The predicted octanol–water partition coefficient (Wildman–Crippen LogP) is 4.06. The number of benzene rings is 1. The standard InChI is InChI=1S/C18H28O2/c1-4-20-18(11-5-6-12-18)17(19)13-15-7-9-16(10-8-15)14(2)3/h7-10,14,17,19H,4-6,11-13H2,1-3H3. The Bertz CT molecular complexity index is 402. The van der Waals surface area contributed by atoms with E-state index in [1.54, 1.807) is 0 Å². The topological polar surface area (TPSA) is 29.5 Å². The van der Waals surface area contributed by atoms with Crippen LogP contribution in [-0.2, 0) is 11.2 Å². The number of hydrogen-bond donors (Lipinski definition) is 1. The van der Waals surface area contributed by atoms with Crippen molar-refractivity contribution < 1.29 is 9.84 Å². The molecule has 2 nitrogen and oxygen atoms in total. The molecule has 0 amide bonds. The third-order valence-electron chi connectivity index (χ3n) is 4.56. The fourth-order valence-electron chi connectivity index (χ4n) is 3.28. The zero-order valence-corrected chi connectivity index (χ0v) is 13.1. The maximum absolute atomic E-state index is 10.6. The van der Waals surface area contributed by atoms with E-state index < -0.39 is 6.10 Å². The summed E-state index contributed by atoms with van der Waals surface area (Å²) in [5.41, 5.74) is 2.25. The van der Waals surface area contributed by atoms with Crippen LogP contribution in [0.25, 0.3) is 0 Å². The minimum Gasteiger partial charge on any atom is -0.390 e. The molecule has 0 bridgehead atoms. The van der Waals surface area contributed by atoms with Crippen LogP contribution in [0.15, 0.2) is 24.3 Å². The van der Waals surface area contributed by atoms with E-state index >= 15 is 0 Å². The summed E-state index contributed by atoms with van der Waals surface area (Å²) in [5, 5.41) is 10.6. The number of aliphatic hydroxyl groups excluding tert-OH is 1. The number of ether oxygens (including phenoxy) is 1. The van der Waals surface area contributed by atoms with Gasteiger partial charge in [-0.15, -0.1) is 0 Å². The molecule has 0 radical (unpaired) electrons. The molecule has 112 valence electrons. The molecule has 20 heavy (non-hydrogen) atoms. The van der Waals surface area contributed by atoms with Crippen molar-refractivity contribution in [2.75, 3.05) is 6.61 Å². The van der Waals surface area contributed by atoms with Crippen molar-refractivity contribution in [2.24, 2.45) is 0 Å². The second kappa shape index (κ2) is 6.73. The summed E-state index contributed by atoms with van der Waals surface area (Å²) < 4.78 is 5.94. The molecule has 0 aromatic heterocycles. The first kappa shape index (κ1) is 15.5. The van der Waals surface area contributed by atoms with E-state index in [0.717, 1.165) is 12.8 Å². The SMILES string of the molecule is CCOC1(C(O)Cc2ccc(C(C)C)cc2)CCCC1. The van der Waals surface area contributed by atoms with Gasteiger partial charge in [0.25, 0.3) is 0 Å². The molecule has 1 fully saturated rings. The lowest BCUT2D eigenvalue weighted by molar-refractivity contribution is -0.115. The van der Waals surface area contributed by atoms with Crippen molar-refractivity contribution >= 4 is 0 Å². The molecule has 1 unspecified atom stereocenters. The highest BCUT2D eigenvalue weighted by atomic mass is 16.5. The van der Waals surface area contributed by atoms with Gasteiger partial charge in [0.15, 0.2) is 0 Å². The summed E-state index contributed by atoms with van der Waals surface area (Å²) in [6, 6.07) is 8.64. The van der Waals surface area contributed by atoms with Gasteiger partial charge in [0, 0.05) is 13.0 Å². The summed E-state index contributed by atoms with van der Waals surface area (Å²) >= 11 is 0. The summed E-state index contributed by atoms with van der Waals surface area (Å²) in [5.74, 6) is 0.554. The predicted molar refractivity (Wildman–Crippen MR) is 83.1 cm³/mol. The fraction of sp³-hybridized carbons (Fsp3) is 0.667. The van der Waals surface area contributed by atoms with Gasteiger partial charge >= 0.3 is 0 Å². The van der Waals surface area contributed by atoms with Crippen LogP contribution in [0, 0.1) is 0 Å². The molecule has 1 atom stereocenters. The molecule has 1 aromatic rings. The highest BCUT2D eigenvalue weighted by Crippen LogP contribution is 2.37. The molecular weight excluding hydrogens is 248 g/mol. The average Bonchev–Trinajstić information content (AvgIpc) is 2.89. The van der Waals surface area contributed by atoms with Gasteiger partial charge in [0.05, 0.1) is 11.7 Å². The lowest BCUT2D eigenvalue weighted by atomic mass is 9.89. The molecule has 1 aliphatic carbocycles. The highest BCUT2D eigenvalue weighted by Gasteiger charge is 2.41. The van der Waals surface area contributed by atoms with E-state index in [4.69, 9.17) is 4.74 Å². The van der Waals surface area contributed by atoms with E-state index in [-0.39, 0.29) is 5.60 Å². The molecular formula is C18H28O2. The van der Waals surface area contributed by atoms with E-state index in [9.17, 15) is 5.11 Å². The fourth-order valence-corrected chi connectivity index (χ4v) is 3.28. The summed E-state index contributed by atoms with van der Waals surface area (Å²) in [6.07, 6.45) is 4.62. The van der Waals surface area contributed by atoms with E-state index in [2.05, 4.69) is 38.1 Å². The van der Waals surface area contributed by atoms with Crippen LogP contribution in [0.2, 0.25) is 0 Å². The first-order valence-corrected chi connectivity index (χ1v) is 7.98. The summed E-state index contributed by atoms with van der Waals surface area (Å²) in [6.45, 7) is 7.10. The van der Waals surface area contributed by atoms with Gasteiger partial charge in [-0.1, -0.05) is 51.0 Å². The molecule has 1 N–H and O–H groups in total. The highest BCUT2D eigenvalue weighted by molar-refractivity contribution is 5.25. The van der Waals surface area contributed by atoms with Gasteiger partial charge in [-0.25, -0.2) is 0 Å². The van der Waals surface area contributed by atoms with Crippen molar-refractivity contribution in [3.63, 3.8) is 0 Å². The lowest BCUT2D eigenvalue weighted by Crippen LogP contribution is -2.43. The second-order valence-corrected chi connectivity index (χ2v) is 6.32. The second-order valence-electron chi connectivity index (χ2n) is 6.32. The third-order valence-corrected chi connectivity index (χ3v) is 4.56. The Morgan fingerprint density at radius 2 is 1.75 bits per heavy atom. The Hall–Kier alpha value is -0.860. The molecule has 1 saturated carbocycles. The van der Waals surface area contributed by atoms with Crippen molar-refractivity contribution in [3.8, 4) is 0 Å². The van der Waals surface area contributed by atoms with Crippen molar-refractivity contribution in [2.45, 2.75) is 70.5 Å². The number of rotatable bonds is 6. The minimum absolute atomic E-state index is 0.300. The normalized spacial score (nSPS) is 19.4. The molecule has 0 heterocycles. The smallest absolute Gasteiger partial charge is 0.0943 e. The molecule has 1 aromatic carbocycles. The first-order valence-electron chi connectivity index (χ1n) is 7.98. The summed E-state index contributed by atoms with van der Waals surface area (Å²) in [7, 11) is 0. The van der Waals surface area contributed by atoms with Gasteiger partial charge in [0.1, 0.15) is 0 Å². The summed E-state index contributed by atoms with van der Waals surface area (Å²) in [4.78, 5) is 0. The van der Waals surface area contributed by atoms with Gasteiger partial charge in [-0.05, 0) is 36.8 Å². The molecule has 0 spiro atoms. The van der Waals surface area contributed by atoms with Crippen LogP contribution >= 0.6 is 0 Å². The monoisotopic (exact) mass is 276 g/mol. The molecule has 2 rings (SSSR count). The van der Waals surface area contributed by atoms with E-state index in [1.807, 2.05) is 6.92 Å². The van der Waals surface area contributed by atoms with Crippen molar-refractivity contribution in [1.82, 2.24) is 0 Å². The molecule has 0 aliphatic heterocycles. The van der Waals surface area contributed by atoms with Crippen molar-refractivity contribution in [3.05, 3.63) is 35.4 Å². The lowest BCUT2D eigenvalue weighted by Gasteiger charge is -2.34. The van der Waals surface area contributed by atoms with Crippen LogP contribution < -0.4 is 0 Å². The average molecular weight is 276 g/mol. The molecule has 1 aliphatic rings. The Kier molecular flexibility index (Phi) is 5.22. The quantitative estimate of drug-likeness (QED) is 0.849. The van der Waals surface area contributed by atoms with Crippen LogP contribution in [-0.4, -0.2) is 23.4 Å². The molecule has 0 saturated heterocycles. The Morgan fingerprint density at radius 3 is 2.25 bits per heavy atom. The Morgan fingerprint density at radius 1 is 1.15 bits per heavy atom. The zero-order chi connectivity index (χ0) is 14.6. The van der Waals surface area contributed by atoms with Crippen molar-refractivity contribution in [1.29, 1.82) is 0 Å². The number of hydrogen-bond acceptors (Lipinski definition) is 2. The number of aliphatic hydroxyl groups is 1. The van der Waals surface area contributed by atoms with Crippen LogP contribution in [0.1, 0.15) is 63.5 Å². The third kappa shape index (κ3) is 3.42. The van der Waals surface area contributed by atoms with Gasteiger partial charge in [-0.2, -0.15) is 0 Å². The van der Waals surface area contributed by atoms with Crippen LogP contribution in [0.5, 0.6) is 0 Å². The first-order chi connectivity index (χ1) is 9.57. The maximum atomic E-state index is 10.6. The largest absolute Gasteiger partial charge is 0.390 e. The van der Waals surface area contributed by atoms with Gasteiger partial charge in [-0.3, -0.25) is 0 Å². The Labute approximate surface area is 123 Å². The Balaban J connectivity index is 2.04. The van der Waals surface area contributed by atoms with Gasteiger partial charge < -0.3 is 9.84 Å². The molecule has 2 heteroatoms.